The van der Waals surface area contributed by atoms with Gasteiger partial charge in [-0.2, -0.15) is 0 Å². The monoisotopic (exact) mass is 494 g/mol. The van der Waals surface area contributed by atoms with Crippen molar-refractivity contribution in [2.24, 2.45) is 11.8 Å². The van der Waals surface area contributed by atoms with Crippen LogP contribution in [-0.4, -0.2) is 30.3 Å². The molecule has 164 valence electrons. The van der Waals surface area contributed by atoms with E-state index in [2.05, 4.69) is 21.2 Å². The minimum Gasteiger partial charge on any atom is -0.320 e. The topological polar surface area (TPSA) is 70.9 Å². The molecule has 3 saturated heterocycles. The summed E-state index contributed by atoms with van der Waals surface area (Å²) in [6, 6.07) is 9.65. The van der Waals surface area contributed by atoms with Crippen molar-refractivity contribution in [3.63, 3.8) is 0 Å². The van der Waals surface area contributed by atoms with Crippen molar-refractivity contribution < 1.29 is 19.3 Å². The van der Waals surface area contributed by atoms with Crippen molar-refractivity contribution in [3.05, 3.63) is 57.1 Å². The summed E-state index contributed by atoms with van der Waals surface area (Å²) in [6.45, 7) is 6.80. The van der Waals surface area contributed by atoms with Crippen LogP contribution in [0.15, 0.2) is 34.8 Å². The maximum absolute atomic E-state index is 14.0. The first kappa shape index (κ1) is 20.1. The number of fused-ring (bicyclic) bond motifs is 7. The van der Waals surface area contributed by atoms with E-state index in [1.165, 1.54) is 4.90 Å². The van der Waals surface area contributed by atoms with E-state index in [-0.39, 0.29) is 23.8 Å². The van der Waals surface area contributed by atoms with Gasteiger partial charge < -0.3 is 10.2 Å². The number of nitrogens with zero attached hydrogens (tertiary/aromatic N) is 1. The minimum absolute atomic E-state index is 0.0241. The van der Waals surface area contributed by atoms with Gasteiger partial charge in [-0.05, 0) is 71.6 Å². The molecule has 0 aromatic heterocycles. The molecule has 32 heavy (non-hydrogen) atoms. The summed E-state index contributed by atoms with van der Waals surface area (Å²) in [5.41, 5.74) is 4.39. The van der Waals surface area contributed by atoms with Crippen LogP contribution in [0.2, 0.25) is 0 Å². The van der Waals surface area contributed by atoms with Crippen LogP contribution in [-0.2, 0) is 19.9 Å². The lowest BCUT2D eigenvalue weighted by Crippen LogP contribution is -3.19. The molecule has 0 saturated carbocycles. The zero-order chi connectivity index (χ0) is 22.5. The summed E-state index contributed by atoms with van der Waals surface area (Å²) in [5, 5.41) is 3.12. The first-order chi connectivity index (χ1) is 15.3. The Morgan fingerprint density at radius 2 is 1.88 bits per heavy atom. The molecular weight excluding hydrogens is 470 g/mol. The third-order valence-electron chi connectivity index (χ3n) is 8.27. The van der Waals surface area contributed by atoms with E-state index in [1.807, 2.05) is 51.1 Å². The lowest BCUT2D eigenvalue weighted by Gasteiger charge is -2.33. The number of anilines is 2. The molecule has 2 aromatic carbocycles. The van der Waals surface area contributed by atoms with Gasteiger partial charge in [0.1, 0.15) is 17.9 Å². The number of hydrogen-bond donors (Lipinski definition) is 2. The number of rotatable bonds is 1. The highest BCUT2D eigenvalue weighted by atomic mass is 79.9. The van der Waals surface area contributed by atoms with E-state index in [0.717, 1.165) is 52.2 Å². The van der Waals surface area contributed by atoms with Gasteiger partial charge in [-0.25, -0.2) is 4.90 Å². The maximum atomic E-state index is 14.0. The van der Waals surface area contributed by atoms with Crippen LogP contribution in [0.5, 0.6) is 0 Å². The largest absolute Gasteiger partial charge is 0.320 e. The first-order valence-corrected chi connectivity index (χ1v) is 12.0. The minimum atomic E-state index is -1.04. The molecule has 1 unspecified atom stereocenters. The van der Waals surface area contributed by atoms with Gasteiger partial charge in [0.25, 0.3) is 5.91 Å². The maximum Gasteiger partial charge on any atom is 0.291 e. The van der Waals surface area contributed by atoms with Crippen LogP contribution in [0.3, 0.4) is 0 Å². The number of nitrogens with one attached hydrogen (secondary N) is 2. The number of hydrogen-bond acceptors (Lipinski definition) is 3. The molecule has 7 heteroatoms. The third-order valence-corrected chi connectivity index (χ3v) is 8.90. The molecule has 4 aliphatic rings. The van der Waals surface area contributed by atoms with Gasteiger partial charge in [-0.1, -0.05) is 12.1 Å². The third kappa shape index (κ3) is 2.21. The number of carbonyl (C=O) groups is 3. The van der Waals surface area contributed by atoms with Gasteiger partial charge in [0, 0.05) is 22.9 Å². The molecule has 1 spiro atoms. The Morgan fingerprint density at radius 3 is 2.62 bits per heavy atom. The quantitative estimate of drug-likeness (QED) is 0.598. The Kier molecular flexibility index (Phi) is 4.10. The summed E-state index contributed by atoms with van der Waals surface area (Å²) in [6.07, 6.45) is 1.81. The zero-order valence-corrected chi connectivity index (χ0v) is 19.9. The Balaban J connectivity index is 1.57. The molecule has 6 rings (SSSR count). The molecule has 0 aliphatic carbocycles. The molecular formula is C25H25BrN3O3+. The van der Waals surface area contributed by atoms with Crippen LogP contribution in [0, 0.1) is 32.6 Å². The second-order valence-electron chi connectivity index (χ2n) is 9.69. The lowest BCUT2D eigenvalue weighted by molar-refractivity contribution is -0.948. The van der Waals surface area contributed by atoms with E-state index in [1.54, 1.807) is 0 Å². The van der Waals surface area contributed by atoms with Gasteiger partial charge >= 0.3 is 0 Å². The van der Waals surface area contributed by atoms with Gasteiger partial charge in [0.15, 0.2) is 0 Å². The molecule has 5 atom stereocenters. The molecule has 0 bridgehead atoms. The highest BCUT2D eigenvalue weighted by Crippen LogP contribution is 2.53. The van der Waals surface area contributed by atoms with Crippen molar-refractivity contribution in [2.75, 3.05) is 16.8 Å². The van der Waals surface area contributed by atoms with Crippen molar-refractivity contribution in [2.45, 2.75) is 45.2 Å². The van der Waals surface area contributed by atoms with Crippen molar-refractivity contribution in [3.8, 4) is 0 Å². The van der Waals surface area contributed by atoms with Crippen LogP contribution in [0.25, 0.3) is 0 Å². The molecule has 2 N–H and O–H groups in total. The van der Waals surface area contributed by atoms with Gasteiger partial charge in [0.2, 0.25) is 17.4 Å². The average Bonchev–Trinajstić information content (AvgIpc) is 3.45. The van der Waals surface area contributed by atoms with E-state index < -0.39 is 17.4 Å². The Hall–Kier alpha value is -2.51. The van der Waals surface area contributed by atoms with Crippen LogP contribution < -0.4 is 15.1 Å². The number of carbonyl (C=O) groups excluding carboxylic acids is 3. The second-order valence-corrected chi connectivity index (χ2v) is 10.5. The molecule has 4 aliphatic heterocycles. The SMILES string of the molecule is Cc1ccc(N2C(=O)[C@H]3[C@H]4CCC[NH+]4[C@@]4(C(=O)Nc5c4ccc(C)c5C)[C@@H]3C2=O)c(Br)c1. The second kappa shape index (κ2) is 6.51. The summed E-state index contributed by atoms with van der Waals surface area (Å²) in [7, 11) is 0. The fraction of sp³-hybridized carbons (Fsp3) is 0.400. The Labute approximate surface area is 195 Å². The summed E-state index contributed by atoms with van der Waals surface area (Å²) >= 11 is 3.55. The van der Waals surface area contributed by atoms with Gasteiger partial charge in [-0.3, -0.25) is 14.4 Å². The fourth-order valence-electron chi connectivity index (χ4n) is 6.81. The molecule has 3 amide bonds. The van der Waals surface area contributed by atoms with Crippen molar-refractivity contribution in [1.82, 2.24) is 0 Å². The van der Waals surface area contributed by atoms with Crippen LogP contribution in [0.4, 0.5) is 11.4 Å². The smallest absolute Gasteiger partial charge is 0.291 e. The lowest BCUT2D eigenvalue weighted by atomic mass is 9.75. The highest BCUT2D eigenvalue weighted by Gasteiger charge is 2.78. The van der Waals surface area contributed by atoms with Gasteiger partial charge in [-0.15, -0.1) is 0 Å². The molecule has 4 heterocycles. The molecule has 6 nitrogen and oxygen atoms in total. The van der Waals surface area contributed by atoms with E-state index in [4.69, 9.17) is 0 Å². The number of benzene rings is 2. The summed E-state index contributed by atoms with van der Waals surface area (Å²) < 4.78 is 0.714. The fourth-order valence-corrected chi connectivity index (χ4v) is 7.48. The normalized spacial score (nSPS) is 32.5. The predicted molar refractivity (Wildman–Crippen MR) is 123 cm³/mol. The Bertz CT molecular complexity index is 1240. The first-order valence-electron chi connectivity index (χ1n) is 11.2. The van der Waals surface area contributed by atoms with Crippen molar-refractivity contribution >= 4 is 45.0 Å². The number of imide groups is 1. The molecule has 0 radical (unpaired) electrons. The zero-order valence-electron chi connectivity index (χ0n) is 18.3. The standard InChI is InChI=1S/C25H24BrN3O3/c1-12-6-9-17(16(26)11-12)29-22(30)19-18-5-4-10-28(18)25(20(19)23(29)31)15-8-7-13(2)14(3)21(15)27-24(25)32/h6-9,11,18-20H,4-5,10H2,1-3H3,(H,27,32)/p+1/t18-,19+,20+,25-/m1/s1. The van der Waals surface area contributed by atoms with E-state index in [0.29, 0.717) is 10.2 Å². The number of amides is 3. The van der Waals surface area contributed by atoms with E-state index >= 15 is 0 Å². The molecule has 3 fully saturated rings. The Morgan fingerprint density at radius 1 is 1.09 bits per heavy atom. The van der Waals surface area contributed by atoms with Gasteiger partial charge in [0.05, 0.1) is 17.9 Å². The summed E-state index contributed by atoms with van der Waals surface area (Å²) in [5.74, 6) is -1.73. The number of aryl methyl sites for hydroxylation is 2. The highest BCUT2D eigenvalue weighted by molar-refractivity contribution is 9.10. The van der Waals surface area contributed by atoms with Crippen molar-refractivity contribution in [1.29, 1.82) is 0 Å². The number of quaternary nitrogens is 1. The van der Waals surface area contributed by atoms with Crippen LogP contribution in [0.1, 0.15) is 35.1 Å². The number of halogens is 1. The summed E-state index contributed by atoms with van der Waals surface area (Å²) in [4.78, 5) is 44.0. The van der Waals surface area contributed by atoms with E-state index in [9.17, 15) is 14.4 Å². The van der Waals surface area contributed by atoms with Crippen LogP contribution >= 0.6 is 15.9 Å². The average molecular weight is 495 g/mol. The predicted octanol–water partition coefficient (Wildman–Crippen LogP) is 2.39. The molecule has 2 aromatic rings.